The van der Waals surface area contributed by atoms with E-state index in [4.69, 9.17) is 9.47 Å². The largest absolute Gasteiger partial charge is 0.416 e. The molecule has 1 unspecified atom stereocenters. The molecule has 1 aromatic rings. The predicted octanol–water partition coefficient (Wildman–Crippen LogP) is 3.69. The number of alkyl halides is 3. The van der Waals surface area contributed by atoms with Gasteiger partial charge in [0.05, 0.1) is 25.4 Å². The maximum absolute atomic E-state index is 13.2. The number of hydrogen-bond acceptors (Lipinski definition) is 3. The van der Waals surface area contributed by atoms with Crippen LogP contribution in [0.1, 0.15) is 36.8 Å². The number of halogens is 3. The van der Waals surface area contributed by atoms with E-state index in [1.54, 1.807) is 14.2 Å². The van der Waals surface area contributed by atoms with Crippen LogP contribution in [0.3, 0.4) is 0 Å². The molecule has 1 aliphatic heterocycles. The Labute approximate surface area is 176 Å². The number of methoxy groups -OCH3 is 1. The molecule has 2 fully saturated rings. The molecule has 1 N–H and O–H groups in total. The van der Waals surface area contributed by atoms with Gasteiger partial charge < -0.3 is 19.7 Å². The van der Waals surface area contributed by atoms with Gasteiger partial charge in [-0.25, -0.2) is 0 Å². The number of likely N-dealkylation sites (tertiary alicyclic amines) is 1. The van der Waals surface area contributed by atoms with Crippen molar-refractivity contribution in [3.63, 3.8) is 0 Å². The molecule has 168 valence electrons. The van der Waals surface area contributed by atoms with E-state index in [9.17, 15) is 13.2 Å². The standard InChI is InChI=1S/C22H32F3N3O2/c1-26-20(28-10-7-17(14-28)15-30-12-11-29-2)27-16-21(8-4-9-21)18-5-3-6-19(13-18)22(23,24)25/h3,5-6,13,17H,4,7-12,14-16H2,1-2H3,(H,26,27). The summed E-state index contributed by atoms with van der Waals surface area (Å²) in [6.07, 6.45) is -0.490. The quantitative estimate of drug-likeness (QED) is 0.391. The van der Waals surface area contributed by atoms with Gasteiger partial charge in [-0.2, -0.15) is 13.2 Å². The fraction of sp³-hybridized carbons (Fsp3) is 0.682. The molecule has 5 nitrogen and oxygen atoms in total. The fourth-order valence-corrected chi connectivity index (χ4v) is 4.33. The van der Waals surface area contributed by atoms with Crippen LogP contribution in [0.2, 0.25) is 0 Å². The van der Waals surface area contributed by atoms with E-state index in [0.29, 0.717) is 32.3 Å². The third-order valence-corrected chi connectivity index (χ3v) is 6.28. The average molecular weight is 428 g/mol. The Hall–Kier alpha value is -1.80. The number of rotatable bonds is 8. The van der Waals surface area contributed by atoms with Crippen LogP contribution < -0.4 is 5.32 Å². The molecule has 8 heteroatoms. The first-order valence-corrected chi connectivity index (χ1v) is 10.6. The lowest BCUT2D eigenvalue weighted by atomic mass is 9.64. The monoisotopic (exact) mass is 427 g/mol. The van der Waals surface area contributed by atoms with Gasteiger partial charge >= 0.3 is 6.18 Å². The van der Waals surface area contributed by atoms with Crippen LogP contribution in [0.4, 0.5) is 13.2 Å². The summed E-state index contributed by atoms with van der Waals surface area (Å²) in [5, 5.41) is 3.44. The van der Waals surface area contributed by atoms with Crippen LogP contribution in [0, 0.1) is 5.92 Å². The summed E-state index contributed by atoms with van der Waals surface area (Å²) < 4.78 is 50.1. The van der Waals surface area contributed by atoms with Crippen molar-refractivity contribution in [3.8, 4) is 0 Å². The summed E-state index contributed by atoms with van der Waals surface area (Å²) >= 11 is 0. The maximum atomic E-state index is 13.2. The molecule has 1 heterocycles. The number of guanidine groups is 1. The van der Waals surface area contributed by atoms with E-state index < -0.39 is 11.7 Å². The first-order chi connectivity index (χ1) is 14.4. The highest BCUT2D eigenvalue weighted by atomic mass is 19.4. The predicted molar refractivity (Wildman–Crippen MR) is 111 cm³/mol. The first-order valence-electron chi connectivity index (χ1n) is 10.6. The van der Waals surface area contributed by atoms with Gasteiger partial charge in [0.25, 0.3) is 0 Å². The van der Waals surface area contributed by atoms with Crippen molar-refractivity contribution in [1.82, 2.24) is 10.2 Å². The van der Waals surface area contributed by atoms with E-state index >= 15 is 0 Å². The minimum Gasteiger partial charge on any atom is -0.382 e. The summed E-state index contributed by atoms with van der Waals surface area (Å²) in [4.78, 5) is 6.63. The van der Waals surface area contributed by atoms with Crippen molar-refractivity contribution in [1.29, 1.82) is 0 Å². The van der Waals surface area contributed by atoms with Crippen molar-refractivity contribution >= 4 is 5.96 Å². The van der Waals surface area contributed by atoms with Gasteiger partial charge in [-0.1, -0.05) is 24.6 Å². The normalized spacial score (nSPS) is 21.6. The van der Waals surface area contributed by atoms with Crippen molar-refractivity contribution in [2.24, 2.45) is 10.9 Å². The zero-order chi connectivity index (χ0) is 21.6. The van der Waals surface area contributed by atoms with Crippen LogP contribution in [0.5, 0.6) is 0 Å². The van der Waals surface area contributed by atoms with Crippen LogP contribution in [-0.2, 0) is 21.1 Å². The molecule has 0 bridgehead atoms. The van der Waals surface area contributed by atoms with Gasteiger partial charge in [-0.3, -0.25) is 4.99 Å². The lowest BCUT2D eigenvalue weighted by Crippen LogP contribution is -2.49. The molecule has 1 aromatic carbocycles. The molecule has 0 spiro atoms. The molecule has 2 aliphatic rings. The number of aliphatic imine (C=N–C) groups is 1. The third kappa shape index (κ3) is 5.46. The van der Waals surface area contributed by atoms with E-state index in [-0.39, 0.29) is 5.41 Å². The summed E-state index contributed by atoms with van der Waals surface area (Å²) in [5.74, 6) is 1.26. The highest BCUT2D eigenvalue weighted by molar-refractivity contribution is 5.80. The summed E-state index contributed by atoms with van der Waals surface area (Å²) in [6.45, 7) is 4.24. The van der Waals surface area contributed by atoms with E-state index in [1.807, 2.05) is 6.07 Å². The van der Waals surface area contributed by atoms with Crippen molar-refractivity contribution in [2.45, 2.75) is 37.3 Å². The number of hydrogen-bond donors (Lipinski definition) is 1. The number of ether oxygens (including phenoxy) is 2. The Balaban J connectivity index is 1.58. The SMILES string of the molecule is CN=C(NCC1(c2cccc(C(F)(F)F)c2)CCC1)N1CCC(COCCOC)C1. The molecule has 30 heavy (non-hydrogen) atoms. The van der Waals surface area contributed by atoms with Crippen LogP contribution >= 0.6 is 0 Å². The molecule has 1 atom stereocenters. The highest BCUT2D eigenvalue weighted by Crippen LogP contribution is 2.44. The number of nitrogens with one attached hydrogen (secondary N) is 1. The Morgan fingerprint density at radius 2 is 2.10 bits per heavy atom. The highest BCUT2D eigenvalue weighted by Gasteiger charge is 2.41. The minimum absolute atomic E-state index is 0.264. The smallest absolute Gasteiger partial charge is 0.382 e. The van der Waals surface area contributed by atoms with E-state index in [0.717, 1.165) is 56.4 Å². The van der Waals surface area contributed by atoms with E-state index in [2.05, 4.69) is 15.2 Å². The second-order valence-corrected chi connectivity index (χ2v) is 8.28. The summed E-state index contributed by atoms with van der Waals surface area (Å²) in [7, 11) is 3.41. The third-order valence-electron chi connectivity index (χ3n) is 6.28. The van der Waals surface area contributed by atoms with Gasteiger partial charge in [-0.15, -0.1) is 0 Å². The molecule has 3 rings (SSSR count). The molecule has 0 radical (unpaired) electrons. The number of nitrogens with zero attached hydrogens (tertiary/aromatic N) is 2. The van der Waals surface area contributed by atoms with Crippen molar-refractivity contribution < 1.29 is 22.6 Å². The molecular weight excluding hydrogens is 395 g/mol. The molecule has 0 amide bonds. The van der Waals surface area contributed by atoms with Crippen molar-refractivity contribution in [3.05, 3.63) is 35.4 Å². The topological polar surface area (TPSA) is 46.1 Å². The molecule has 1 saturated heterocycles. The maximum Gasteiger partial charge on any atom is 0.416 e. The second-order valence-electron chi connectivity index (χ2n) is 8.28. The molecular formula is C22H32F3N3O2. The zero-order valence-electron chi connectivity index (χ0n) is 17.8. The van der Waals surface area contributed by atoms with E-state index in [1.165, 1.54) is 12.1 Å². The van der Waals surface area contributed by atoms with Gasteiger partial charge in [-0.05, 0) is 30.9 Å². The second kappa shape index (κ2) is 10.0. The number of benzene rings is 1. The van der Waals surface area contributed by atoms with Gasteiger partial charge in [0.2, 0.25) is 0 Å². The van der Waals surface area contributed by atoms with Gasteiger partial charge in [0, 0.05) is 45.1 Å². The molecule has 1 saturated carbocycles. The van der Waals surface area contributed by atoms with Crippen LogP contribution in [-0.4, -0.2) is 64.5 Å². The molecule has 1 aliphatic carbocycles. The molecule has 0 aromatic heterocycles. The van der Waals surface area contributed by atoms with Gasteiger partial charge in [0.1, 0.15) is 0 Å². The van der Waals surface area contributed by atoms with Crippen LogP contribution in [0.15, 0.2) is 29.3 Å². The Morgan fingerprint density at radius 1 is 1.30 bits per heavy atom. The van der Waals surface area contributed by atoms with Crippen LogP contribution in [0.25, 0.3) is 0 Å². The average Bonchev–Trinajstić information content (AvgIpc) is 3.15. The lowest BCUT2D eigenvalue weighted by Gasteiger charge is -2.43. The fourth-order valence-electron chi connectivity index (χ4n) is 4.33. The Bertz CT molecular complexity index is 720. The first kappa shape index (κ1) is 22.9. The summed E-state index contributed by atoms with van der Waals surface area (Å²) in [5.41, 5.74) is -0.0801. The van der Waals surface area contributed by atoms with Crippen molar-refractivity contribution in [2.75, 3.05) is 53.6 Å². The van der Waals surface area contributed by atoms with Gasteiger partial charge in [0.15, 0.2) is 5.96 Å². The summed E-state index contributed by atoms with van der Waals surface area (Å²) in [6, 6.07) is 5.79. The minimum atomic E-state index is -4.32. The lowest BCUT2D eigenvalue weighted by molar-refractivity contribution is -0.137. The Morgan fingerprint density at radius 3 is 2.73 bits per heavy atom. The Kier molecular flexibility index (Phi) is 7.63. The zero-order valence-corrected chi connectivity index (χ0v) is 17.8.